The number of carboxylic acid groups (broad SMARTS) is 1. The van der Waals surface area contributed by atoms with Crippen LogP contribution in [0.3, 0.4) is 0 Å². The number of benzene rings is 1. The van der Waals surface area contributed by atoms with Crippen molar-refractivity contribution in [3.63, 3.8) is 0 Å². The van der Waals surface area contributed by atoms with Crippen molar-refractivity contribution in [3.05, 3.63) is 35.1 Å². The van der Waals surface area contributed by atoms with Crippen LogP contribution in [0.2, 0.25) is 0 Å². The minimum absolute atomic E-state index is 0.205. The maximum atomic E-state index is 13.1. The number of carbonyl (C=O) groups is 1. The molecule has 0 bridgehead atoms. The monoisotopic (exact) mass is 265 g/mol. The summed E-state index contributed by atoms with van der Waals surface area (Å²) < 4.78 is 13.1. The van der Waals surface area contributed by atoms with Crippen molar-refractivity contribution in [1.82, 2.24) is 4.90 Å². The number of halogens is 1. The van der Waals surface area contributed by atoms with E-state index in [4.69, 9.17) is 5.11 Å². The maximum Gasteiger partial charge on any atom is 0.303 e. The van der Waals surface area contributed by atoms with Crippen LogP contribution in [0.15, 0.2) is 18.2 Å². The highest BCUT2D eigenvalue weighted by molar-refractivity contribution is 5.67. The molecule has 0 saturated carbocycles. The number of hydrogen-bond donors (Lipinski definition) is 1. The van der Waals surface area contributed by atoms with Gasteiger partial charge in [0.15, 0.2) is 0 Å². The van der Waals surface area contributed by atoms with Gasteiger partial charge in [-0.2, -0.15) is 0 Å². The van der Waals surface area contributed by atoms with Crippen LogP contribution < -0.4 is 0 Å². The Kier molecular flexibility index (Phi) is 4.53. The average molecular weight is 265 g/mol. The van der Waals surface area contributed by atoms with E-state index >= 15 is 0 Å². The first-order chi connectivity index (χ1) is 9.04. The zero-order chi connectivity index (χ0) is 13.8. The fraction of sp³-hybridized carbons (Fsp3) is 0.533. The summed E-state index contributed by atoms with van der Waals surface area (Å²) in [7, 11) is 0. The lowest BCUT2D eigenvalue weighted by Gasteiger charge is -2.32. The summed E-state index contributed by atoms with van der Waals surface area (Å²) in [6.45, 7) is 4.51. The van der Waals surface area contributed by atoms with E-state index in [2.05, 4.69) is 4.90 Å². The summed E-state index contributed by atoms with van der Waals surface area (Å²) in [5.41, 5.74) is 2.08. The quantitative estimate of drug-likeness (QED) is 0.910. The van der Waals surface area contributed by atoms with Crippen LogP contribution >= 0.6 is 0 Å². The molecule has 4 heteroatoms. The Bertz CT molecular complexity index is 461. The van der Waals surface area contributed by atoms with Gasteiger partial charge in [0.25, 0.3) is 0 Å². The second kappa shape index (κ2) is 6.15. The van der Waals surface area contributed by atoms with Gasteiger partial charge in [-0.3, -0.25) is 9.69 Å². The number of aryl methyl sites for hydroxylation is 1. The van der Waals surface area contributed by atoms with Gasteiger partial charge in [0.1, 0.15) is 5.82 Å². The Labute approximate surface area is 113 Å². The van der Waals surface area contributed by atoms with Gasteiger partial charge in [-0.25, -0.2) is 4.39 Å². The summed E-state index contributed by atoms with van der Waals surface area (Å²) >= 11 is 0. The van der Waals surface area contributed by atoms with Crippen molar-refractivity contribution < 1.29 is 14.3 Å². The van der Waals surface area contributed by atoms with E-state index in [0.717, 1.165) is 43.6 Å². The molecule has 0 aromatic heterocycles. The molecule has 0 spiro atoms. The van der Waals surface area contributed by atoms with Gasteiger partial charge in [0, 0.05) is 19.5 Å². The number of nitrogens with zero attached hydrogens (tertiary/aromatic N) is 1. The van der Waals surface area contributed by atoms with Crippen LogP contribution in [0.5, 0.6) is 0 Å². The van der Waals surface area contributed by atoms with Crippen LogP contribution in [0.4, 0.5) is 4.39 Å². The second-order valence-electron chi connectivity index (χ2n) is 5.41. The summed E-state index contributed by atoms with van der Waals surface area (Å²) in [6, 6.07) is 4.86. The standard InChI is InChI=1S/C15H20FNO2/c1-11-7-14(16)5-4-13(11)10-17-6-2-3-12(9-17)8-15(18)19/h4-5,7,12H,2-3,6,8-10H2,1H3,(H,18,19). The van der Waals surface area contributed by atoms with Crippen molar-refractivity contribution in [1.29, 1.82) is 0 Å². The molecular weight excluding hydrogens is 245 g/mol. The SMILES string of the molecule is Cc1cc(F)ccc1CN1CCCC(CC(=O)O)C1. The van der Waals surface area contributed by atoms with Gasteiger partial charge < -0.3 is 5.11 Å². The molecule has 1 saturated heterocycles. The summed E-state index contributed by atoms with van der Waals surface area (Å²) in [5, 5.41) is 8.86. The number of hydrogen-bond acceptors (Lipinski definition) is 2. The normalized spacial score (nSPS) is 20.4. The molecule has 0 amide bonds. The van der Waals surface area contributed by atoms with Crippen molar-refractivity contribution >= 4 is 5.97 Å². The summed E-state index contributed by atoms with van der Waals surface area (Å²) in [5.74, 6) is -0.680. The minimum Gasteiger partial charge on any atom is -0.481 e. The molecule has 104 valence electrons. The molecule has 1 aromatic rings. The fourth-order valence-corrected chi connectivity index (χ4v) is 2.79. The zero-order valence-electron chi connectivity index (χ0n) is 11.2. The molecular formula is C15H20FNO2. The van der Waals surface area contributed by atoms with Crippen molar-refractivity contribution in [2.45, 2.75) is 32.7 Å². The zero-order valence-corrected chi connectivity index (χ0v) is 11.2. The van der Waals surface area contributed by atoms with E-state index in [1.54, 1.807) is 6.07 Å². The van der Waals surface area contributed by atoms with Gasteiger partial charge in [-0.1, -0.05) is 6.07 Å². The third-order valence-corrected chi connectivity index (χ3v) is 3.76. The fourth-order valence-electron chi connectivity index (χ4n) is 2.79. The maximum absolute atomic E-state index is 13.1. The first-order valence-electron chi connectivity index (χ1n) is 6.74. The molecule has 1 fully saturated rings. The summed E-state index contributed by atoms with van der Waals surface area (Å²) in [6.07, 6.45) is 2.28. The number of piperidine rings is 1. The average Bonchev–Trinajstić information content (AvgIpc) is 2.32. The van der Waals surface area contributed by atoms with E-state index in [0.29, 0.717) is 0 Å². The van der Waals surface area contributed by atoms with Gasteiger partial charge in [-0.05, 0) is 55.5 Å². The molecule has 0 radical (unpaired) electrons. The van der Waals surface area contributed by atoms with Gasteiger partial charge in [0.05, 0.1) is 0 Å². The van der Waals surface area contributed by atoms with Crippen molar-refractivity contribution in [2.75, 3.05) is 13.1 Å². The number of carboxylic acids is 1. The Morgan fingerprint density at radius 3 is 3.00 bits per heavy atom. The molecule has 0 aliphatic carbocycles. The van der Waals surface area contributed by atoms with Crippen LogP contribution in [0, 0.1) is 18.7 Å². The Morgan fingerprint density at radius 2 is 2.32 bits per heavy atom. The smallest absolute Gasteiger partial charge is 0.303 e. The second-order valence-corrected chi connectivity index (χ2v) is 5.41. The minimum atomic E-state index is -0.718. The van der Waals surface area contributed by atoms with Crippen molar-refractivity contribution in [3.8, 4) is 0 Å². The number of aliphatic carboxylic acids is 1. The van der Waals surface area contributed by atoms with E-state index in [1.807, 2.05) is 13.0 Å². The first-order valence-corrected chi connectivity index (χ1v) is 6.74. The number of likely N-dealkylation sites (tertiary alicyclic amines) is 1. The molecule has 1 aliphatic rings. The third-order valence-electron chi connectivity index (χ3n) is 3.76. The molecule has 2 rings (SSSR count). The Balaban J connectivity index is 1.96. The predicted molar refractivity (Wildman–Crippen MR) is 71.4 cm³/mol. The molecule has 1 aromatic carbocycles. The molecule has 1 unspecified atom stereocenters. The Hall–Kier alpha value is -1.42. The predicted octanol–water partition coefficient (Wildman–Crippen LogP) is 2.82. The molecule has 1 heterocycles. The summed E-state index contributed by atoms with van der Waals surface area (Å²) in [4.78, 5) is 13.0. The highest BCUT2D eigenvalue weighted by Gasteiger charge is 2.22. The van der Waals surface area contributed by atoms with Crippen LogP contribution in [-0.2, 0) is 11.3 Å². The number of rotatable bonds is 4. The molecule has 3 nitrogen and oxygen atoms in total. The highest BCUT2D eigenvalue weighted by Crippen LogP contribution is 2.22. The van der Waals surface area contributed by atoms with Crippen LogP contribution in [0.25, 0.3) is 0 Å². The topological polar surface area (TPSA) is 40.5 Å². The third kappa shape index (κ3) is 4.03. The van der Waals surface area contributed by atoms with E-state index in [9.17, 15) is 9.18 Å². The van der Waals surface area contributed by atoms with E-state index < -0.39 is 5.97 Å². The lowest BCUT2D eigenvalue weighted by atomic mass is 9.94. The first kappa shape index (κ1) is 14.0. The van der Waals surface area contributed by atoms with Gasteiger partial charge in [0.2, 0.25) is 0 Å². The lowest BCUT2D eigenvalue weighted by Crippen LogP contribution is -2.35. The Morgan fingerprint density at radius 1 is 1.53 bits per heavy atom. The van der Waals surface area contributed by atoms with Crippen LogP contribution in [0.1, 0.15) is 30.4 Å². The van der Waals surface area contributed by atoms with E-state index in [-0.39, 0.29) is 18.2 Å². The van der Waals surface area contributed by atoms with E-state index in [1.165, 1.54) is 6.07 Å². The molecule has 19 heavy (non-hydrogen) atoms. The van der Waals surface area contributed by atoms with Crippen LogP contribution in [-0.4, -0.2) is 29.1 Å². The lowest BCUT2D eigenvalue weighted by molar-refractivity contribution is -0.138. The van der Waals surface area contributed by atoms with Gasteiger partial charge in [-0.15, -0.1) is 0 Å². The van der Waals surface area contributed by atoms with Crippen molar-refractivity contribution in [2.24, 2.45) is 5.92 Å². The molecule has 1 atom stereocenters. The molecule has 1 aliphatic heterocycles. The molecule has 1 N–H and O–H groups in total. The highest BCUT2D eigenvalue weighted by atomic mass is 19.1. The largest absolute Gasteiger partial charge is 0.481 e. The van der Waals surface area contributed by atoms with Gasteiger partial charge >= 0.3 is 5.97 Å².